The first-order valence-corrected chi connectivity index (χ1v) is 3.65. The Balaban J connectivity index is 2.73. The molecule has 0 radical (unpaired) electrons. The molecular formula is C9H9ClO. The molecule has 0 saturated heterocycles. The van der Waals surface area contributed by atoms with Gasteiger partial charge >= 0.3 is 0 Å². The summed E-state index contributed by atoms with van der Waals surface area (Å²) in [7, 11) is 1.62. The molecule has 0 aliphatic rings. The lowest BCUT2D eigenvalue weighted by Gasteiger charge is -1.92. The smallest absolute Gasteiger partial charge is 0.0830 e. The minimum Gasteiger partial charge on any atom is -0.504 e. The maximum absolute atomic E-state index is 5.69. The third-order valence-corrected chi connectivity index (χ3v) is 1.52. The Morgan fingerprint density at radius 1 is 1.27 bits per heavy atom. The van der Waals surface area contributed by atoms with E-state index in [1.165, 1.54) is 0 Å². The number of halogens is 1. The zero-order valence-electron chi connectivity index (χ0n) is 6.25. The number of methoxy groups -OCH3 is 1. The molecule has 0 bridgehead atoms. The Morgan fingerprint density at radius 3 is 2.45 bits per heavy atom. The minimum atomic E-state index is 0.750. The molecule has 1 nitrogen and oxygen atoms in total. The molecule has 58 valence electrons. The van der Waals surface area contributed by atoms with Gasteiger partial charge < -0.3 is 4.74 Å². The number of rotatable bonds is 2. The van der Waals surface area contributed by atoms with Crippen molar-refractivity contribution in [2.24, 2.45) is 0 Å². The van der Waals surface area contributed by atoms with E-state index in [9.17, 15) is 0 Å². The summed E-state index contributed by atoms with van der Waals surface area (Å²) in [6.07, 6.45) is 3.50. The van der Waals surface area contributed by atoms with Crippen molar-refractivity contribution in [3.8, 4) is 0 Å². The second-order valence-electron chi connectivity index (χ2n) is 2.09. The van der Waals surface area contributed by atoms with E-state index in [1.54, 1.807) is 13.4 Å². The van der Waals surface area contributed by atoms with Crippen LogP contribution in [-0.4, -0.2) is 7.11 Å². The number of ether oxygens (including phenoxy) is 1. The largest absolute Gasteiger partial charge is 0.504 e. The van der Waals surface area contributed by atoms with Gasteiger partial charge in [-0.05, 0) is 23.8 Å². The topological polar surface area (TPSA) is 9.23 Å². The predicted octanol–water partition coefficient (Wildman–Crippen LogP) is 2.96. The summed E-state index contributed by atoms with van der Waals surface area (Å²) in [5.41, 5.74) is 1.08. The van der Waals surface area contributed by atoms with Gasteiger partial charge in [-0.2, -0.15) is 0 Å². The van der Waals surface area contributed by atoms with Crippen molar-refractivity contribution in [2.45, 2.75) is 0 Å². The molecule has 0 aliphatic heterocycles. The van der Waals surface area contributed by atoms with Gasteiger partial charge in [-0.3, -0.25) is 0 Å². The molecule has 1 rings (SSSR count). The second kappa shape index (κ2) is 4.04. The van der Waals surface area contributed by atoms with Gasteiger partial charge in [-0.25, -0.2) is 0 Å². The van der Waals surface area contributed by atoms with Crippen LogP contribution in [0.25, 0.3) is 6.08 Å². The van der Waals surface area contributed by atoms with E-state index >= 15 is 0 Å². The molecule has 11 heavy (non-hydrogen) atoms. The van der Waals surface area contributed by atoms with Crippen LogP contribution in [0, 0.1) is 0 Å². The van der Waals surface area contributed by atoms with E-state index in [2.05, 4.69) is 0 Å². The Morgan fingerprint density at radius 2 is 1.91 bits per heavy atom. The summed E-state index contributed by atoms with van der Waals surface area (Å²) in [5, 5.41) is 0.750. The van der Waals surface area contributed by atoms with Crippen LogP contribution in [0.1, 0.15) is 5.56 Å². The standard InChI is InChI=1S/C9H9ClO/c1-11-7-6-8-2-4-9(10)5-3-8/h2-7H,1H3/b7-6+. The summed E-state index contributed by atoms with van der Waals surface area (Å²) >= 11 is 5.69. The third kappa shape index (κ3) is 2.64. The molecular weight excluding hydrogens is 160 g/mol. The Hall–Kier alpha value is -0.950. The van der Waals surface area contributed by atoms with Crippen LogP contribution in [0.15, 0.2) is 30.5 Å². The van der Waals surface area contributed by atoms with Crippen molar-refractivity contribution >= 4 is 17.7 Å². The van der Waals surface area contributed by atoms with Gasteiger partial charge in [0.05, 0.1) is 13.4 Å². The lowest BCUT2D eigenvalue weighted by Crippen LogP contribution is -1.71. The monoisotopic (exact) mass is 168 g/mol. The highest BCUT2D eigenvalue weighted by molar-refractivity contribution is 6.30. The molecule has 0 atom stereocenters. The van der Waals surface area contributed by atoms with Crippen molar-refractivity contribution in [3.63, 3.8) is 0 Å². The van der Waals surface area contributed by atoms with Crippen LogP contribution in [0.2, 0.25) is 5.02 Å². The van der Waals surface area contributed by atoms with Crippen molar-refractivity contribution in [1.29, 1.82) is 0 Å². The lowest BCUT2D eigenvalue weighted by atomic mass is 10.2. The summed E-state index contributed by atoms with van der Waals surface area (Å²) in [5.74, 6) is 0. The first kappa shape index (κ1) is 8.15. The van der Waals surface area contributed by atoms with Crippen molar-refractivity contribution in [3.05, 3.63) is 41.1 Å². The average molecular weight is 169 g/mol. The number of hydrogen-bond acceptors (Lipinski definition) is 1. The molecule has 0 spiro atoms. The predicted molar refractivity (Wildman–Crippen MR) is 47.5 cm³/mol. The van der Waals surface area contributed by atoms with Gasteiger partial charge in [0.25, 0.3) is 0 Å². The molecule has 0 aliphatic carbocycles. The number of benzene rings is 1. The third-order valence-electron chi connectivity index (χ3n) is 1.27. The minimum absolute atomic E-state index is 0.750. The van der Waals surface area contributed by atoms with Crippen molar-refractivity contribution in [2.75, 3.05) is 7.11 Å². The first-order valence-electron chi connectivity index (χ1n) is 3.28. The molecule has 1 aromatic carbocycles. The maximum atomic E-state index is 5.69. The van der Waals surface area contributed by atoms with Crippen LogP contribution in [0.5, 0.6) is 0 Å². The fourth-order valence-electron chi connectivity index (χ4n) is 0.721. The van der Waals surface area contributed by atoms with Gasteiger partial charge in [0.2, 0.25) is 0 Å². The highest BCUT2D eigenvalue weighted by atomic mass is 35.5. The van der Waals surface area contributed by atoms with E-state index in [0.29, 0.717) is 0 Å². The Labute approximate surface area is 71.3 Å². The zero-order chi connectivity index (χ0) is 8.10. The van der Waals surface area contributed by atoms with Crippen LogP contribution in [-0.2, 0) is 4.74 Å². The highest BCUT2D eigenvalue weighted by Crippen LogP contribution is 2.10. The maximum Gasteiger partial charge on any atom is 0.0830 e. The Bertz CT molecular complexity index is 238. The van der Waals surface area contributed by atoms with Gasteiger partial charge in [0.15, 0.2) is 0 Å². The molecule has 0 aromatic heterocycles. The van der Waals surface area contributed by atoms with Gasteiger partial charge in [0, 0.05) is 5.02 Å². The van der Waals surface area contributed by atoms with E-state index in [-0.39, 0.29) is 0 Å². The quantitative estimate of drug-likeness (QED) is 0.617. The van der Waals surface area contributed by atoms with E-state index in [0.717, 1.165) is 10.6 Å². The second-order valence-corrected chi connectivity index (χ2v) is 2.53. The van der Waals surface area contributed by atoms with Gasteiger partial charge in [0.1, 0.15) is 0 Å². The molecule has 0 heterocycles. The van der Waals surface area contributed by atoms with Crippen molar-refractivity contribution in [1.82, 2.24) is 0 Å². The SMILES string of the molecule is CO/C=C/c1ccc(Cl)cc1. The van der Waals surface area contributed by atoms with Crippen molar-refractivity contribution < 1.29 is 4.74 Å². The molecule has 0 amide bonds. The summed E-state index contributed by atoms with van der Waals surface area (Å²) in [6.45, 7) is 0. The lowest BCUT2D eigenvalue weighted by molar-refractivity contribution is 0.341. The fraction of sp³-hybridized carbons (Fsp3) is 0.111. The molecule has 0 saturated carbocycles. The van der Waals surface area contributed by atoms with Gasteiger partial charge in [-0.1, -0.05) is 23.7 Å². The van der Waals surface area contributed by atoms with Gasteiger partial charge in [-0.15, -0.1) is 0 Å². The molecule has 0 fully saturated rings. The van der Waals surface area contributed by atoms with Crippen LogP contribution in [0.3, 0.4) is 0 Å². The van der Waals surface area contributed by atoms with E-state index < -0.39 is 0 Å². The molecule has 0 unspecified atom stereocenters. The summed E-state index contributed by atoms with van der Waals surface area (Å²) in [6, 6.07) is 7.55. The molecule has 1 aromatic rings. The van der Waals surface area contributed by atoms with E-state index in [1.807, 2.05) is 30.3 Å². The van der Waals surface area contributed by atoms with Crippen LogP contribution in [0.4, 0.5) is 0 Å². The average Bonchev–Trinajstić information content (AvgIpc) is 2.04. The summed E-state index contributed by atoms with van der Waals surface area (Å²) in [4.78, 5) is 0. The number of hydrogen-bond donors (Lipinski definition) is 0. The molecule has 0 N–H and O–H groups in total. The Kier molecular flexibility index (Phi) is 2.99. The first-order chi connectivity index (χ1) is 5.33. The van der Waals surface area contributed by atoms with E-state index in [4.69, 9.17) is 16.3 Å². The van der Waals surface area contributed by atoms with Crippen LogP contribution >= 0.6 is 11.6 Å². The molecule has 2 heteroatoms. The fourth-order valence-corrected chi connectivity index (χ4v) is 0.846. The van der Waals surface area contributed by atoms with Crippen LogP contribution < -0.4 is 0 Å². The highest BCUT2D eigenvalue weighted by Gasteiger charge is 1.85. The normalized spacial score (nSPS) is 10.4. The summed E-state index contributed by atoms with van der Waals surface area (Å²) < 4.78 is 4.76. The zero-order valence-corrected chi connectivity index (χ0v) is 7.01.